The van der Waals surface area contributed by atoms with E-state index < -0.39 is 11.7 Å². The molecular formula is C19H20F3N3. The van der Waals surface area contributed by atoms with E-state index >= 15 is 0 Å². The van der Waals surface area contributed by atoms with E-state index in [-0.39, 0.29) is 5.52 Å². The molecule has 1 aromatic heterocycles. The van der Waals surface area contributed by atoms with E-state index in [4.69, 9.17) is 0 Å². The van der Waals surface area contributed by atoms with Crippen molar-refractivity contribution in [3.63, 3.8) is 0 Å². The highest BCUT2D eigenvalue weighted by molar-refractivity contribution is 5.92. The molecule has 25 heavy (non-hydrogen) atoms. The molecule has 0 atom stereocenters. The van der Waals surface area contributed by atoms with Gasteiger partial charge in [-0.2, -0.15) is 18.3 Å². The minimum Gasteiger partial charge on any atom is -0.364 e. The number of hydrogen-bond acceptors (Lipinski definition) is 2. The molecule has 0 amide bonds. The van der Waals surface area contributed by atoms with Gasteiger partial charge in [0.2, 0.25) is 0 Å². The second-order valence-corrected chi connectivity index (χ2v) is 5.96. The highest BCUT2D eigenvalue weighted by Gasteiger charge is 2.34. The Morgan fingerprint density at radius 2 is 1.80 bits per heavy atom. The van der Waals surface area contributed by atoms with Crippen LogP contribution in [0.15, 0.2) is 48.5 Å². The van der Waals surface area contributed by atoms with Gasteiger partial charge < -0.3 is 5.32 Å². The van der Waals surface area contributed by atoms with Crippen LogP contribution in [0.5, 0.6) is 0 Å². The fourth-order valence-electron chi connectivity index (χ4n) is 2.85. The van der Waals surface area contributed by atoms with E-state index in [1.54, 1.807) is 6.07 Å². The molecule has 1 heterocycles. The summed E-state index contributed by atoms with van der Waals surface area (Å²) in [5, 5.41) is 8.10. The molecule has 0 aliphatic carbocycles. The average Bonchev–Trinajstić information content (AvgIpc) is 2.96. The number of rotatable bonds is 6. The van der Waals surface area contributed by atoms with Crippen LogP contribution >= 0.6 is 0 Å². The molecule has 0 aliphatic heterocycles. The van der Waals surface area contributed by atoms with Crippen molar-refractivity contribution in [2.45, 2.75) is 39.0 Å². The minimum atomic E-state index is -4.40. The van der Waals surface area contributed by atoms with Gasteiger partial charge in [-0.1, -0.05) is 49.7 Å². The van der Waals surface area contributed by atoms with Crippen LogP contribution in [0.4, 0.5) is 19.0 Å². The van der Waals surface area contributed by atoms with Crippen LogP contribution in [0.1, 0.15) is 30.9 Å². The molecular weight excluding hydrogens is 327 g/mol. The first-order chi connectivity index (χ1) is 12.0. The molecule has 0 unspecified atom stereocenters. The largest absolute Gasteiger partial charge is 0.418 e. The number of aromatic nitrogens is 2. The van der Waals surface area contributed by atoms with Gasteiger partial charge in [-0.25, -0.2) is 0 Å². The first kappa shape index (κ1) is 17.3. The average molecular weight is 347 g/mol. The van der Waals surface area contributed by atoms with Gasteiger partial charge in [-0.3, -0.25) is 4.68 Å². The topological polar surface area (TPSA) is 29.9 Å². The zero-order valence-corrected chi connectivity index (χ0v) is 14.0. The Morgan fingerprint density at radius 1 is 1.04 bits per heavy atom. The minimum absolute atomic E-state index is 0.152. The summed E-state index contributed by atoms with van der Waals surface area (Å²) in [4.78, 5) is 0. The summed E-state index contributed by atoms with van der Waals surface area (Å²) >= 11 is 0. The molecule has 3 rings (SSSR count). The molecule has 3 aromatic rings. The van der Waals surface area contributed by atoms with Crippen molar-refractivity contribution in [1.82, 2.24) is 9.78 Å². The third-order valence-corrected chi connectivity index (χ3v) is 4.10. The summed E-state index contributed by atoms with van der Waals surface area (Å²) < 4.78 is 41.7. The molecule has 0 aliphatic rings. The summed E-state index contributed by atoms with van der Waals surface area (Å²) in [6, 6.07) is 13.9. The fraction of sp³-hybridized carbons (Fsp3) is 0.316. The Morgan fingerprint density at radius 3 is 2.48 bits per heavy atom. The number of fused-ring (bicyclic) bond motifs is 1. The number of benzene rings is 2. The number of para-hydroxylation sites is 1. The summed E-state index contributed by atoms with van der Waals surface area (Å²) in [5.74, 6) is 0.487. The van der Waals surface area contributed by atoms with Crippen molar-refractivity contribution in [3.8, 4) is 0 Å². The first-order valence-electron chi connectivity index (χ1n) is 8.35. The third-order valence-electron chi connectivity index (χ3n) is 4.10. The lowest BCUT2D eigenvalue weighted by molar-refractivity contribution is -0.136. The van der Waals surface area contributed by atoms with Gasteiger partial charge in [0.15, 0.2) is 5.82 Å². The summed E-state index contributed by atoms with van der Waals surface area (Å²) in [6.07, 6.45) is -2.73. The normalized spacial score (nSPS) is 11.8. The molecule has 0 saturated carbocycles. The van der Waals surface area contributed by atoms with Crippen LogP contribution < -0.4 is 5.32 Å². The van der Waals surface area contributed by atoms with Gasteiger partial charge in [0.1, 0.15) is 0 Å². The van der Waals surface area contributed by atoms with Gasteiger partial charge in [-0.15, -0.1) is 0 Å². The van der Waals surface area contributed by atoms with Crippen molar-refractivity contribution in [1.29, 1.82) is 0 Å². The predicted octanol–water partition coefficient (Wildman–Crippen LogP) is 5.47. The molecule has 0 radical (unpaired) electrons. The highest BCUT2D eigenvalue weighted by atomic mass is 19.4. The number of anilines is 1. The maximum absolute atomic E-state index is 13.4. The van der Waals surface area contributed by atoms with Gasteiger partial charge in [0.05, 0.1) is 11.1 Å². The molecule has 3 nitrogen and oxygen atoms in total. The van der Waals surface area contributed by atoms with Crippen molar-refractivity contribution in [2.24, 2.45) is 0 Å². The standard InChI is InChI=1S/C19H20F3N3/c1-2-3-12-25-17-15(10-7-11-16(17)19(20,21)22)18(24-25)23-13-14-8-5-4-6-9-14/h4-11H,2-3,12-13H2,1H3,(H,23,24). The van der Waals surface area contributed by atoms with Crippen LogP contribution in [0.3, 0.4) is 0 Å². The van der Waals surface area contributed by atoms with Crippen LogP contribution in [-0.2, 0) is 19.3 Å². The van der Waals surface area contributed by atoms with Gasteiger partial charge in [0, 0.05) is 18.5 Å². The molecule has 0 bridgehead atoms. The van der Waals surface area contributed by atoms with Crippen LogP contribution in [0.2, 0.25) is 0 Å². The number of halogens is 3. The van der Waals surface area contributed by atoms with E-state index in [0.29, 0.717) is 24.3 Å². The van der Waals surface area contributed by atoms with E-state index in [1.165, 1.54) is 10.7 Å². The van der Waals surface area contributed by atoms with Gasteiger partial charge >= 0.3 is 6.18 Å². The number of hydrogen-bond donors (Lipinski definition) is 1. The Hall–Kier alpha value is -2.50. The molecule has 2 aromatic carbocycles. The monoisotopic (exact) mass is 347 g/mol. The maximum Gasteiger partial charge on any atom is 0.418 e. The number of unbranched alkanes of at least 4 members (excludes halogenated alkanes) is 1. The summed E-state index contributed by atoms with van der Waals surface area (Å²) in [6.45, 7) is 2.98. The maximum atomic E-state index is 13.4. The number of nitrogens with zero attached hydrogens (tertiary/aromatic N) is 2. The van der Waals surface area contributed by atoms with Crippen molar-refractivity contribution in [2.75, 3.05) is 5.32 Å². The zero-order chi connectivity index (χ0) is 17.9. The van der Waals surface area contributed by atoms with Crippen molar-refractivity contribution >= 4 is 16.7 Å². The molecule has 132 valence electrons. The SMILES string of the molecule is CCCCn1nc(NCc2ccccc2)c2cccc(C(F)(F)F)c21. The van der Waals surface area contributed by atoms with E-state index in [2.05, 4.69) is 10.4 Å². The van der Waals surface area contributed by atoms with Gasteiger partial charge in [-0.05, 0) is 24.1 Å². The first-order valence-corrected chi connectivity index (χ1v) is 8.35. The molecule has 6 heteroatoms. The van der Waals surface area contributed by atoms with E-state index in [1.807, 2.05) is 37.3 Å². The Kier molecular flexibility index (Phi) is 4.97. The number of alkyl halides is 3. The Bertz CT molecular complexity index is 838. The summed E-state index contributed by atoms with van der Waals surface area (Å²) in [7, 11) is 0. The fourth-order valence-corrected chi connectivity index (χ4v) is 2.85. The number of aryl methyl sites for hydroxylation is 1. The van der Waals surface area contributed by atoms with E-state index in [0.717, 1.165) is 24.5 Å². The van der Waals surface area contributed by atoms with E-state index in [9.17, 15) is 13.2 Å². The lowest BCUT2D eigenvalue weighted by atomic mass is 10.1. The van der Waals surface area contributed by atoms with Crippen molar-refractivity contribution < 1.29 is 13.2 Å². The van der Waals surface area contributed by atoms with Crippen LogP contribution in [0, 0.1) is 0 Å². The van der Waals surface area contributed by atoms with Gasteiger partial charge in [0.25, 0.3) is 0 Å². The Balaban J connectivity index is 2.01. The molecule has 0 spiro atoms. The number of nitrogens with one attached hydrogen (secondary N) is 1. The lowest BCUT2D eigenvalue weighted by Gasteiger charge is -2.10. The van der Waals surface area contributed by atoms with Crippen molar-refractivity contribution in [3.05, 3.63) is 59.7 Å². The molecule has 1 N–H and O–H groups in total. The Labute approximate surface area is 144 Å². The van der Waals surface area contributed by atoms with Crippen LogP contribution in [-0.4, -0.2) is 9.78 Å². The smallest absolute Gasteiger partial charge is 0.364 e. The second-order valence-electron chi connectivity index (χ2n) is 5.96. The predicted molar refractivity (Wildman–Crippen MR) is 93.4 cm³/mol. The lowest BCUT2D eigenvalue weighted by Crippen LogP contribution is -2.09. The van der Waals surface area contributed by atoms with Crippen LogP contribution in [0.25, 0.3) is 10.9 Å². The highest BCUT2D eigenvalue weighted by Crippen LogP contribution is 2.37. The zero-order valence-electron chi connectivity index (χ0n) is 14.0. The molecule has 0 fully saturated rings. The second kappa shape index (κ2) is 7.17. The third kappa shape index (κ3) is 3.78. The summed E-state index contributed by atoms with van der Waals surface area (Å²) in [5.41, 5.74) is 0.561. The molecule has 0 saturated heterocycles. The quantitative estimate of drug-likeness (QED) is 0.641.